The summed E-state index contributed by atoms with van der Waals surface area (Å²) in [5.41, 5.74) is 3.25. The highest BCUT2D eigenvalue weighted by Crippen LogP contribution is 2.17. The van der Waals surface area contributed by atoms with Crippen molar-refractivity contribution in [1.82, 2.24) is 10.3 Å². The quantitative estimate of drug-likeness (QED) is 0.536. The molecule has 162 valence electrons. The normalized spacial score (nSPS) is 11.2. The highest BCUT2D eigenvalue weighted by molar-refractivity contribution is 5.93. The van der Waals surface area contributed by atoms with E-state index in [1.807, 2.05) is 54.6 Å². The number of hydrogen-bond donors (Lipinski definition) is 1. The molecule has 0 atom stereocenters. The van der Waals surface area contributed by atoms with E-state index in [9.17, 15) is 18.0 Å². The average molecular weight is 430 g/mol. The van der Waals surface area contributed by atoms with Gasteiger partial charge in [-0.15, -0.1) is 0 Å². The molecule has 0 bridgehead atoms. The Morgan fingerprint density at radius 3 is 2.13 bits per heavy atom. The second-order valence-electron chi connectivity index (χ2n) is 6.77. The molecule has 3 aromatic rings. The summed E-state index contributed by atoms with van der Waals surface area (Å²) in [4.78, 5) is 15.9. The molecule has 0 unspecified atom stereocenters. The number of rotatable bonds is 9. The van der Waals surface area contributed by atoms with Crippen LogP contribution < -0.4 is 10.1 Å². The van der Waals surface area contributed by atoms with E-state index in [2.05, 4.69) is 15.0 Å². The van der Waals surface area contributed by atoms with Crippen LogP contribution in [0.2, 0.25) is 0 Å². The zero-order chi connectivity index (χ0) is 22.1. The Morgan fingerprint density at radius 2 is 1.52 bits per heavy atom. The Hall–Kier alpha value is -3.39. The van der Waals surface area contributed by atoms with E-state index in [0.29, 0.717) is 19.8 Å². The first kappa shape index (κ1) is 22.3. The summed E-state index contributed by atoms with van der Waals surface area (Å²) < 4.78 is 46.6. The summed E-state index contributed by atoms with van der Waals surface area (Å²) in [6.07, 6.45) is -3.27. The average Bonchev–Trinajstić information content (AvgIpc) is 2.77. The Labute approximate surface area is 177 Å². The summed E-state index contributed by atoms with van der Waals surface area (Å²) in [5, 5.41) is 2.74. The van der Waals surface area contributed by atoms with E-state index in [1.54, 1.807) is 0 Å². The fourth-order valence-electron chi connectivity index (χ4n) is 2.65. The zero-order valence-electron chi connectivity index (χ0n) is 16.6. The molecule has 1 aromatic heterocycles. The van der Waals surface area contributed by atoms with Gasteiger partial charge < -0.3 is 14.8 Å². The SMILES string of the molecule is O=C(NCc1ccc(COCc2ccccc2)cc1)c1ccc(OCC(F)(F)F)nc1. The summed E-state index contributed by atoms with van der Waals surface area (Å²) in [5.74, 6) is -0.580. The second kappa shape index (κ2) is 10.6. The fourth-order valence-corrected chi connectivity index (χ4v) is 2.65. The summed E-state index contributed by atoms with van der Waals surface area (Å²) in [7, 11) is 0. The Morgan fingerprint density at radius 1 is 0.871 bits per heavy atom. The van der Waals surface area contributed by atoms with Gasteiger partial charge in [-0.1, -0.05) is 54.6 Å². The van der Waals surface area contributed by atoms with Crippen LogP contribution in [0.25, 0.3) is 0 Å². The molecule has 2 aromatic carbocycles. The molecule has 0 radical (unpaired) electrons. The minimum absolute atomic E-state index is 0.195. The fraction of sp³-hybridized carbons (Fsp3) is 0.217. The molecule has 0 aliphatic rings. The summed E-state index contributed by atoms with van der Waals surface area (Å²) >= 11 is 0. The lowest BCUT2D eigenvalue weighted by Crippen LogP contribution is -2.23. The van der Waals surface area contributed by atoms with Gasteiger partial charge in [0.15, 0.2) is 6.61 Å². The molecule has 0 spiro atoms. The minimum atomic E-state index is -4.44. The number of alkyl halides is 3. The second-order valence-corrected chi connectivity index (χ2v) is 6.77. The number of halogens is 3. The maximum Gasteiger partial charge on any atom is 0.422 e. The van der Waals surface area contributed by atoms with E-state index in [4.69, 9.17) is 4.74 Å². The lowest BCUT2D eigenvalue weighted by Gasteiger charge is -2.09. The van der Waals surface area contributed by atoms with Crippen molar-refractivity contribution in [2.75, 3.05) is 6.61 Å². The lowest BCUT2D eigenvalue weighted by atomic mass is 10.1. The van der Waals surface area contributed by atoms with Crippen LogP contribution in [0.15, 0.2) is 72.9 Å². The summed E-state index contributed by atoms with van der Waals surface area (Å²) in [6.45, 7) is -0.113. The van der Waals surface area contributed by atoms with Gasteiger partial charge in [0.25, 0.3) is 5.91 Å². The van der Waals surface area contributed by atoms with E-state index >= 15 is 0 Å². The third-order valence-electron chi connectivity index (χ3n) is 4.24. The van der Waals surface area contributed by atoms with Crippen LogP contribution in [0.5, 0.6) is 5.88 Å². The van der Waals surface area contributed by atoms with Crippen LogP contribution in [0.1, 0.15) is 27.0 Å². The van der Waals surface area contributed by atoms with Gasteiger partial charge in [-0.25, -0.2) is 4.98 Å². The molecule has 0 aliphatic carbocycles. The van der Waals surface area contributed by atoms with Gasteiger partial charge in [-0.3, -0.25) is 4.79 Å². The highest BCUT2D eigenvalue weighted by Gasteiger charge is 2.28. The molecule has 0 aliphatic heterocycles. The van der Waals surface area contributed by atoms with Crippen LogP contribution in [0.4, 0.5) is 13.2 Å². The molecule has 1 heterocycles. The number of aromatic nitrogens is 1. The van der Waals surface area contributed by atoms with Crippen molar-refractivity contribution < 1.29 is 27.4 Å². The molecule has 0 saturated heterocycles. The van der Waals surface area contributed by atoms with Crippen molar-refractivity contribution in [3.63, 3.8) is 0 Å². The monoisotopic (exact) mass is 430 g/mol. The van der Waals surface area contributed by atoms with Crippen molar-refractivity contribution in [3.8, 4) is 5.88 Å². The standard InChI is InChI=1S/C23H21F3N2O3/c24-23(25,26)16-31-21-11-10-20(13-27-21)22(29)28-12-17-6-8-19(9-7-17)15-30-14-18-4-2-1-3-5-18/h1-11,13H,12,14-16H2,(H,28,29). The van der Waals surface area contributed by atoms with Gasteiger partial charge >= 0.3 is 6.18 Å². The first-order chi connectivity index (χ1) is 14.9. The maximum atomic E-state index is 12.2. The van der Waals surface area contributed by atoms with E-state index < -0.39 is 12.8 Å². The molecule has 0 saturated carbocycles. The van der Waals surface area contributed by atoms with Gasteiger partial charge in [-0.2, -0.15) is 13.2 Å². The summed E-state index contributed by atoms with van der Waals surface area (Å²) in [6, 6.07) is 20.1. The van der Waals surface area contributed by atoms with E-state index in [0.717, 1.165) is 16.7 Å². The van der Waals surface area contributed by atoms with Crippen LogP contribution in [0.3, 0.4) is 0 Å². The molecule has 8 heteroatoms. The number of pyridine rings is 1. The number of nitrogens with one attached hydrogen (secondary N) is 1. The third-order valence-corrected chi connectivity index (χ3v) is 4.24. The molecule has 5 nitrogen and oxygen atoms in total. The number of ether oxygens (including phenoxy) is 2. The molecule has 1 amide bonds. The van der Waals surface area contributed by atoms with E-state index in [-0.39, 0.29) is 17.4 Å². The van der Waals surface area contributed by atoms with Crippen molar-refractivity contribution in [2.24, 2.45) is 0 Å². The van der Waals surface area contributed by atoms with Gasteiger partial charge in [0.2, 0.25) is 5.88 Å². The van der Waals surface area contributed by atoms with Crippen LogP contribution in [-0.4, -0.2) is 23.7 Å². The third kappa shape index (κ3) is 7.75. The van der Waals surface area contributed by atoms with Crippen LogP contribution in [0, 0.1) is 0 Å². The van der Waals surface area contributed by atoms with Crippen molar-refractivity contribution >= 4 is 5.91 Å². The first-order valence-electron chi connectivity index (χ1n) is 9.52. The molecular weight excluding hydrogens is 409 g/mol. The van der Waals surface area contributed by atoms with Crippen molar-refractivity contribution in [2.45, 2.75) is 25.9 Å². The van der Waals surface area contributed by atoms with Gasteiger partial charge in [0, 0.05) is 18.8 Å². The van der Waals surface area contributed by atoms with Crippen molar-refractivity contribution in [3.05, 3.63) is 95.2 Å². The predicted molar refractivity (Wildman–Crippen MR) is 108 cm³/mol. The zero-order valence-corrected chi connectivity index (χ0v) is 16.6. The number of carbonyl (C=O) groups excluding carboxylic acids is 1. The number of hydrogen-bond acceptors (Lipinski definition) is 4. The predicted octanol–water partition coefficient (Wildman–Crippen LogP) is 4.67. The Balaban J connectivity index is 1.42. The topological polar surface area (TPSA) is 60.5 Å². The van der Waals surface area contributed by atoms with E-state index in [1.165, 1.54) is 18.3 Å². The Bertz CT molecular complexity index is 960. The molecule has 3 rings (SSSR count). The minimum Gasteiger partial charge on any atom is -0.468 e. The molecule has 31 heavy (non-hydrogen) atoms. The number of carbonyl (C=O) groups is 1. The smallest absolute Gasteiger partial charge is 0.422 e. The first-order valence-corrected chi connectivity index (χ1v) is 9.52. The maximum absolute atomic E-state index is 12.2. The van der Waals surface area contributed by atoms with Crippen LogP contribution >= 0.6 is 0 Å². The lowest BCUT2D eigenvalue weighted by molar-refractivity contribution is -0.154. The molecule has 0 fully saturated rings. The highest BCUT2D eigenvalue weighted by atomic mass is 19.4. The van der Waals surface area contributed by atoms with Gasteiger partial charge in [0.1, 0.15) is 0 Å². The number of nitrogens with zero attached hydrogens (tertiary/aromatic N) is 1. The van der Waals surface area contributed by atoms with Gasteiger partial charge in [0.05, 0.1) is 18.8 Å². The number of amides is 1. The largest absolute Gasteiger partial charge is 0.468 e. The van der Waals surface area contributed by atoms with Crippen LogP contribution in [-0.2, 0) is 24.5 Å². The number of benzene rings is 2. The Kier molecular flexibility index (Phi) is 7.61. The van der Waals surface area contributed by atoms with Crippen molar-refractivity contribution in [1.29, 1.82) is 0 Å². The van der Waals surface area contributed by atoms with Gasteiger partial charge in [-0.05, 0) is 22.8 Å². The molecular formula is C23H21F3N2O3. The molecule has 1 N–H and O–H groups in total.